The molecule has 160 valence electrons. The van der Waals surface area contributed by atoms with E-state index in [0.717, 1.165) is 30.4 Å². The number of urea groups is 1. The average molecular weight is 419 g/mol. The van der Waals surface area contributed by atoms with Gasteiger partial charge in [0.25, 0.3) is 0 Å². The first-order valence-corrected chi connectivity index (χ1v) is 11.8. The molecule has 3 rings (SSSR count). The number of piperazine rings is 1. The highest BCUT2D eigenvalue weighted by atomic mass is 32.2. The van der Waals surface area contributed by atoms with Crippen molar-refractivity contribution in [1.82, 2.24) is 15.1 Å². The normalized spacial score (nSPS) is 19.2. The van der Waals surface area contributed by atoms with E-state index in [1.807, 2.05) is 35.7 Å². The SMILES string of the molecule is CC[C@H](C)NC(=O)CN1CCN(C(=O)Nc2ccc(SC3CCCC3)cc2)CC1. The van der Waals surface area contributed by atoms with Gasteiger partial charge in [0, 0.05) is 48.1 Å². The summed E-state index contributed by atoms with van der Waals surface area (Å²) >= 11 is 1.96. The topological polar surface area (TPSA) is 64.7 Å². The molecule has 2 fully saturated rings. The minimum absolute atomic E-state index is 0.0628. The largest absolute Gasteiger partial charge is 0.353 e. The molecule has 0 bridgehead atoms. The molecule has 0 unspecified atom stereocenters. The Labute approximate surface area is 178 Å². The lowest BCUT2D eigenvalue weighted by atomic mass is 10.2. The van der Waals surface area contributed by atoms with Crippen LogP contribution < -0.4 is 10.6 Å². The van der Waals surface area contributed by atoms with Crippen molar-refractivity contribution in [3.63, 3.8) is 0 Å². The Balaban J connectivity index is 1.39. The predicted octanol–water partition coefficient (Wildman–Crippen LogP) is 3.79. The molecule has 1 saturated heterocycles. The van der Waals surface area contributed by atoms with Crippen molar-refractivity contribution >= 4 is 29.4 Å². The summed E-state index contributed by atoms with van der Waals surface area (Å²) in [5.74, 6) is 0.0628. The molecule has 1 heterocycles. The van der Waals surface area contributed by atoms with Gasteiger partial charge in [0.15, 0.2) is 0 Å². The summed E-state index contributed by atoms with van der Waals surface area (Å²) in [4.78, 5) is 29.8. The van der Waals surface area contributed by atoms with Crippen LogP contribution in [0.15, 0.2) is 29.2 Å². The van der Waals surface area contributed by atoms with Crippen LogP contribution in [0.1, 0.15) is 46.0 Å². The van der Waals surface area contributed by atoms with Gasteiger partial charge in [0.05, 0.1) is 6.54 Å². The predicted molar refractivity (Wildman–Crippen MR) is 119 cm³/mol. The molecule has 2 N–H and O–H groups in total. The number of benzene rings is 1. The van der Waals surface area contributed by atoms with Gasteiger partial charge in [-0.2, -0.15) is 0 Å². The number of nitrogens with one attached hydrogen (secondary N) is 2. The van der Waals surface area contributed by atoms with Gasteiger partial charge < -0.3 is 15.5 Å². The molecule has 3 amide bonds. The maximum Gasteiger partial charge on any atom is 0.321 e. The number of rotatable bonds is 7. The number of carbonyl (C=O) groups excluding carboxylic acids is 2. The second-order valence-electron chi connectivity index (χ2n) is 8.12. The highest BCUT2D eigenvalue weighted by Gasteiger charge is 2.23. The van der Waals surface area contributed by atoms with Gasteiger partial charge in [-0.15, -0.1) is 11.8 Å². The van der Waals surface area contributed by atoms with Gasteiger partial charge in [0.1, 0.15) is 0 Å². The lowest BCUT2D eigenvalue weighted by Crippen LogP contribution is -2.52. The molecule has 2 aliphatic rings. The summed E-state index contributed by atoms with van der Waals surface area (Å²) in [5, 5.41) is 6.75. The molecule has 0 spiro atoms. The van der Waals surface area contributed by atoms with Crippen LogP contribution in [0.25, 0.3) is 0 Å². The molecule has 1 aliphatic carbocycles. The summed E-state index contributed by atoms with van der Waals surface area (Å²) in [6, 6.07) is 8.33. The van der Waals surface area contributed by atoms with Crippen LogP contribution in [-0.4, -0.2) is 65.8 Å². The van der Waals surface area contributed by atoms with Gasteiger partial charge in [-0.05, 0) is 50.5 Å². The van der Waals surface area contributed by atoms with Crippen molar-refractivity contribution in [1.29, 1.82) is 0 Å². The summed E-state index contributed by atoms with van der Waals surface area (Å²) < 4.78 is 0. The molecule has 1 aromatic rings. The molecule has 29 heavy (non-hydrogen) atoms. The van der Waals surface area contributed by atoms with Crippen LogP contribution in [0.4, 0.5) is 10.5 Å². The van der Waals surface area contributed by atoms with E-state index in [9.17, 15) is 9.59 Å². The lowest BCUT2D eigenvalue weighted by molar-refractivity contribution is -0.123. The molecule has 6 nitrogen and oxygen atoms in total. The fourth-order valence-electron chi connectivity index (χ4n) is 3.75. The Kier molecular flexibility index (Phi) is 8.24. The van der Waals surface area contributed by atoms with Crippen molar-refractivity contribution in [3.8, 4) is 0 Å². The summed E-state index contributed by atoms with van der Waals surface area (Å²) in [6.07, 6.45) is 6.26. The number of anilines is 1. The van der Waals surface area contributed by atoms with E-state index in [1.54, 1.807) is 0 Å². The quantitative estimate of drug-likeness (QED) is 0.707. The molecule has 1 aliphatic heterocycles. The monoisotopic (exact) mass is 418 g/mol. The molecule has 1 saturated carbocycles. The Bertz CT molecular complexity index is 668. The Morgan fingerprint density at radius 3 is 2.38 bits per heavy atom. The highest BCUT2D eigenvalue weighted by Crippen LogP contribution is 2.34. The highest BCUT2D eigenvalue weighted by molar-refractivity contribution is 8.00. The van der Waals surface area contributed by atoms with Crippen molar-refractivity contribution in [2.75, 3.05) is 38.0 Å². The van der Waals surface area contributed by atoms with Gasteiger partial charge in [-0.3, -0.25) is 9.69 Å². The zero-order valence-electron chi connectivity index (χ0n) is 17.7. The molecule has 0 aromatic heterocycles. The number of nitrogens with zero attached hydrogens (tertiary/aromatic N) is 2. The van der Waals surface area contributed by atoms with E-state index < -0.39 is 0 Å². The van der Waals surface area contributed by atoms with Gasteiger partial charge in [-0.25, -0.2) is 4.79 Å². The molecular formula is C22H34N4O2S. The number of hydrogen-bond acceptors (Lipinski definition) is 4. The van der Waals surface area contributed by atoms with Crippen molar-refractivity contribution in [2.45, 2.75) is 62.1 Å². The minimum Gasteiger partial charge on any atom is -0.353 e. The van der Waals surface area contributed by atoms with Crippen LogP contribution in [0.5, 0.6) is 0 Å². The third-order valence-electron chi connectivity index (χ3n) is 5.76. The lowest BCUT2D eigenvalue weighted by Gasteiger charge is -2.34. The van der Waals surface area contributed by atoms with E-state index in [4.69, 9.17) is 0 Å². The van der Waals surface area contributed by atoms with Gasteiger partial charge in [0.2, 0.25) is 5.91 Å². The average Bonchev–Trinajstić information content (AvgIpc) is 3.23. The maximum absolute atomic E-state index is 12.6. The summed E-state index contributed by atoms with van der Waals surface area (Å²) in [7, 11) is 0. The number of amides is 3. The first-order valence-electron chi connectivity index (χ1n) is 10.9. The second-order valence-corrected chi connectivity index (χ2v) is 9.49. The Morgan fingerprint density at radius 1 is 1.10 bits per heavy atom. The zero-order chi connectivity index (χ0) is 20.6. The van der Waals surface area contributed by atoms with Crippen LogP contribution in [0.2, 0.25) is 0 Å². The van der Waals surface area contributed by atoms with Crippen molar-refractivity contribution in [2.24, 2.45) is 0 Å². The van der Waals surface area contributed by atoms with E-state index in [1.165, 1.54) is 30.6 Å². The fourth-order valence-corrected chi connectivity index (χ4v) is 5.00. The van der Waals surface area contributed by atoms with Crippen LogP contribution in [0.3, 0.4) is 0 Å². The van der Waals surface area contributed by atoms with E-state index >= 15 is 0 Å². The Morgan fingerprint density at radius 2 is 1.76 bits per heavy atom. The van der Waals surface area contributed by atoms with Crippen LogP contribution >= 0.6 is 11.8 Å². The number of carbonyl (C=O) groups is 2. The number of hydrogen-bond donors (Lipinski definition) is 2. The summed E-state index contributed by atoms with van der Waals surface area (Å²) in [5.41, 5.74) is 0.834. The van der Waals surface area contributed by atoms with Crippen molar-refractivity contribution < 1.29 is 9.59 Å². The molecule has 1 aromatic carbocycles. The smallest absolute Gasteiger partial charge is 0.321 e. The van der Waals surface area contributed by atoms with E-state index in [-0.39, 0.29) is 18.0 Å². The third-order valence-corrected chi connectivity index (χ3v) is 7.11. The van der Waals surface area contributed by atoms with Crippen LogP contribution in [-0.2, 0) is 4.79 Å². The third kappa shape index (κ3) is 6.93. The second kappa shape index (κ2) is 10.9. The van der Waals surface area contributed by atoms with Gasteiger partial charge >= 0.3 is 6.03 Å². The minimum atomic E-state index is -0.0649. The first kappa shape index (κ1) is 22.0. The fraction of sp³-hybridized carbons (Fsp3) is 0.636. The standard InChI is InChI=1S/C22H34N4O2S/c1-3-17(2)23-21(27)16-25-12-14-26(15-13-25)22(28)24-18-8-10-20(11-9-18)29-19-6-4-5-7-19/h8-11,17,19H,3-7,12-16H2,1-2H3,(H,23,27)(H,24,28)/t17-/m0/s1. The molecular weight excluding hydrogens is 384 g/mol. The number of thioether (sulfide) groups is 1. The van der Waals surface area contributed by atoms with E-state index in [0.29, 0.717) is 19.6 Å². The molecule has 0 radical (unpaired) electrons. The van der Waals surface area contributed by atoms with Crippen LogP contribution in [0, 0.1) is 0 Å². The summed E-state index contributed by atoms with van der Waals surface area (Å²) in [6.45, 7) is 7.19. The van der Waals surface area contributed by atoms with Gasteiger partial charge in [-0.1, -0.05) is 19.8 Å². The maximum atomic E-state index is 12.6. The Hall–Kier alpha value is -1.73. The zero-order valence-corrected chi connectivity index (χ0v) is 18.5. The van der Waals surface area contributed by atoms with E-state index in [2.05, 4.69) is 34.6 Å². The first-order chi connectivity index (χ1) is 14.0. The van der Waals surface area contributed by atoms with Crippen molar-refractivity contribution in [3.05, 3.63) is 24.3 Å². The molecule has 1 atom stereocenters. The molecule has 7 heteroatoms.